The average molecular weight is 531 g/mol. The average Bonchev–Trinajstić information content (AvgIpc) is 2.88. The second-order valence-corrected chi connectivity index (χ2v) is 10.6. The molecule has 1 N–H and O–H groups in total. The molecular formula is C29H33F3N2O4. The molecule has 2 saturated heterocycles. The van der Waals surface area contributed by atoms with Crippen molar-refractivity contribution in [3.63, 3.8) is 0 Å². The Labute approximate surface area is 220 Å². The summed E-state index contributed by atoms with van der Waals surface area (Å²) in [6.45, 7) is 0.622. The number of nitrogens with one attached hydrogen (secondary N) is 1. The van der Waals surface area contributed by atoms with Crippen LogP contribution in [0.25, 0.3) is 0 Å². The Morgan fingerprint density at radius 3 is 2.29 bits per heavy atom. The van der Waals surface area contributed by atoms with Crippen molar-refractivity contribution in [3.05, 3.63) is 65.7 Å². The van der Waals surface area contributed by atoms with Crippen LogP contribution in [0.1, 0.15) is 55.6 Å². The molecule has 1 aliphatic carbocycles. The number of para-hydroxylation sites is 1. The Bertz CT molecular complexity index is 1160. The number of nitrogens with zero attached hydrogens (tertiary/aromatic N) is 1. The Hall–Kier alpha value is -3.07. The number of alkyl halides is 3. The van der Waals surface area contributed by atoms with Crippen molar-refractivity contribution in [1.29, 1.82) is 0 Å². The van der Waals surface area contributed by atoms with Crippen LogP contribution in [0.4, 0.5) is 13.2 Å². The third kappa shape index (κ3) is 4.55. The van der Waals surface area contributed by atoms with Crippen LogP contribution in [0, 0.1) is 5.41 Å². The van der Waals surface area contributed by atoms with Gasteiger partial charge in [-0.15, -0.1) is 0 Å². The lowest BCUT2D eigenvalue weighted by Gasteiger charge is -2.50. The van der Waals surface area contributed by atoms with Gasteiger partial charge in [0.05, 0.1) is 6.10 Å². The molecule has 6 nitrogen and oxygen atoms in total. The summed E-state index contributed by atoms with van der Waals surface area (Å²) in [5.41, 5.74) is -2.83. The highest BCUT2D eigenvalue weighted by Gasteiger charge is 2.64. The fourth-order valence-corrected chi connectivity index (χ4v) is 6.23. The van der Waals surface area contributed by atoms with E-state index in [4.69, 9.17) is 9.47 Å². The van der Waals surface area contributed by atoms with Gasteiger partial charge in [0.15, 0.2) is 0 Å². The number of rotatable bonds is 6. The summed E-state index contributed by atoms with van der Waals surface area (Å²) in [5.74, 6) is -0.475. The largest absolute Gasteiger partial charge is 0.490 e. The molecule has 3 aliphatic rings. The summed E-state index contributed by atoms with van der Waals surface area (Å²) in [5, 5.41) is 2.98. The van der Waals surface area contributed by atoms with Gasteiger partial charge in [-0.3, -0.25) is 9.59 Å². The first kappa shape index (κ1) is 26.5. The van der Waals surface area contributed by atoms with Crippen molar-refractivity contribution in [2.24, 2.45) is 5.41 Å². The van der Waals surface area contributed by atoms with Crippen LogP contribution in [0.3, 0.4) is 0 Å². The van der Waals surface area contributed by atoms with E-state index >= 15 is 0 Å². The minimum absolute atomic E-state index is 0.0716. The second-order valence-electron chi connectivity index (χ2n) is 10.6. The standard InChI is InChI=1S/C29H33F3N2O4/c1-37-28(29(30,31)32,20-8-3-2-4-9-20)26(36)34-16-14-27(15-17-34)18-25(35)33-19-23(27)22-12-5-6-13-24(22)38-21-10-7-11-21/h2-6,8-9,12-13,21,23H,7,10-11,14-19H2,1H3,(H,33,35)/t23-,28+/m0/s1. The number of amides is 2. The normalized spacial score (nSPS) is 23.3. The molecule has 0 aromatic heterocycles. The van der Waals surface area contributed by atoms with E-state index in [2.05, 4.69) is 5.32 Å². The first-order valence-electron chi connectivity index (χ1n) is 13.2. The molecule has 5 rings (SSSR count). The highest BCUT2D eigenvalue weighted by molar-refractivity contribution is 5.88. The molecule has 2 aromatic rings. The van der Waals surface area contributed by atoms with Crippen LogP contribution < -0.4 is 10.1 Å². The highest BCUT2D eigenvalue weighted by atomic mass is 19.4. The fraction of sp³-hybridized carbons (Fsp3) is 0.517. The molecule has 1 saturated carbocycles. The van der Waals surface area contributed by atoms with Gasteiger partial charge in [-0.1, -0.05) is 48.5 Å². The van der Waals surface area contributed by atoms with Gasteiger partial charge in [-0.25, -0.2) is 0 Å². The number of hydrogen-bond donors (Lipinski definition) is 1. The Morgan fingerprint density at radius 1 is 1.03 bits per heavy atom. The molecule has 0 unspecified atom stereocenters. The van der Waals surface area contributed by atoms with Crippen molar-refractivity contribution in [2.45, 2.75) is 62.3 Å². The first-order valence-corrected chi connectivity index (χ1v) is 13.2. The topological polar surface area (TPSA) is 67.9 Å². The van der Waals surface area contributed by atoms with Gasteiger partial charge in [0, 0.05) is 44.6 Å². The van der Waals surface area contributed by atoms with E-state index in [1.54, 1.807) is 6.07 Å². The van der Waals surface area contributed by atoms with Gasteiger partial charge < -0.3 is 19.7 Å². The summed E-state index contributed by atoms with van der Waals surface area (Å²) in [6.07, 6.45) is -0.538. The summed E-state index contributed by atoms with van der Waals surface area (Å²) >= 11 is 0. The highest BCUT2D eigenvalue weighted by Crippen LogP contribution is 2.52. The number of carbonyl (C=O) groups is 2. The van der Waals surface area contributed by atoms with E-state index in [0.717, 1.165) is 37.7 Å². The number of piperidine rings is 2. The zero-order valence-electron chi connectivity index (χ0n) is 21.4. The zero-order chi connectivity index (χ0) is 27.0. The van der Waals surface area contributed by atoms with E-state index in [0.29, 0.717) is 19.4 Å². The molecule has 38 heavy (non-hydrogen) atoms. The molecule has 0 radical (unpaired) electrons. The van der Waals surface area contributed by atoms with Crippen LogP contribution >= 0.6 is 0 Å². The molecule has 2 amide bonds. The number of benzene rings is 2. The molecule has 3 fully saturated rings. The molecular weight excluding hydrogens is 497 g/mol. The third-order valence-corrected chi connectivity index (χ3v) is 8.63. The van der Waals surface area contributed by atoms with Crippen LogP contribution in [0.15, 0.2) is 54.6 Å². The fourth-order valence-electron chi connectivity index (χ4n) is 6.23. The van der Waals surface area contributed by atoms with E-state index in [1.807, 2.05) is 24.3 Å². The first-order chi connectivity index (χ1) is 18.2. The number of methoxy groups -OCH3 is 1. The molecule has 2 heterocycles. The molecule has 204 valence electrons. The van der Waals surface area contributed by atoms with Crippen LogP contribution in [0.5, 0.6) is 5.75 Å². The van der Waals surface area contributed by atoms with Crippen molar-refractivity contribution < 1.29 is 32.2 Å². The maximum atomic E-state index is 14.5. The Morgan fingerprint density at radius 2 is 1.68 bits per heavy atom. The predicted octanol–water partition coefficient (Wildman–Crippen LogP) is 4.93. The van der Waals surface area contributed by atoms with E-state index < -0.39 is 23.1 Å². The number of hydrogen-bond acceptors (Lipinski definition) is 4. The van der Waals surface area contributed by atoms with Gasteiger partial charge in [0.2, 0.25) is 5.91 Å². The van der Waals surface area contributed by atoms with E-state index in [-0.39, 0.29) is 43.0 Å². The van der Waals surface area contributed by atoms with Crippen molar-refractivity contribution >= 4 is 11.8 Å². The van der Waals surface area contributed by atoms with Gasteiger partial charge in [-0.2, -0.15) is 13.2 Å². The number of ether oxygens (including phenoxy) is 2. The lowest BCUT2D eigenvalue weighted by Crippen LogP contribution is -2.60. The van der Waals surface area contributed by atoms with Gasteiger partial charge >= 0.3 is 6.18 Å². The number of halogens is 3. The monoisotopic (exact) mass is 530 g/mol. The summed E-state index contributed by atoms with van der Waals surface area (Å²) in [4.78, 5) is 27.4. The minimum Gasteiger partial charge on any atom is -0.490 e. The van der Waals surface area contributed by atoms with Crippen LogP contribution in [-0.2, 0) is 19.9 Å². The smallest absolute Gasteiger partial charge is 0.430 e. The third-order valence-electron chi connectivity index (χ3n) is 8.63. The van der Waals surface area contributed by atoms with Crippen molar-refractivity contribution in [3.8, 4) is 5.75 Å². The van der Waals surface area contributed by atoms with E-state index in [1.165, 1.54) is 29.2 Å². The number of carbonyl (C=O) groups excluding carboxylic acids is 2. The molecule has 2 aliphatic heterocycles. The van der Waals surface area contributed by atoms with Gasteiger partial charge in [0.25, 0.3) is 11.5 Å². The number of likely N-dealkylation sites (tertiary alicyclic amines) is 1. The zero-order valence-corrected chi connectivity index (χ0v) is 21.4. The molecule has 2 aromatic carbocycles. The van der Waals surface area contributed by atoms with E-state index in [9.17, 15) is 22.8 Å². The van der Waals surface area contributed by atoms with Crippen LogP contribution in [-0.4, -0.2) is 55.7 Å². The predicted molar refractivity (Wildman–Crippen MR) is 135 cm³/mol. The Balaban J connectivity index is 1.41. The molecule has 1 spiro atoms. The maximum absolute atomic E-state index is 14.5. The van der Waals surface area contributed by atoms with Gasteiger partial charge in [-0.05, 0) is 49.1 Å². The van der Waals surface area contributed by atoms with Crippen LogP contribution in [0.2, 0.25) is 0 Å². The SMILES string of the molecule is CO[C@@](C(=O)N1CCC2(CC1)CC(=O)NC[C@H]2c1ccccc1OC1CCC1)(c1ccccc1)C(F)(F)F. The second kappa shape index (κ2) is 10.2. The maximum Gasteiger partial charge on any atom is 0.430 e. The lowest BCUT2D eigenvalue weighted by molar-refractivity contribution is -0.271. The quantitative estimate of drug-likeness (QED) is 0.575. The Kier molecular flexibility index (Phi) is 7.15. The summed E-state index contributed by atoms with van der Waals surface area (Å²) in [7, 11) is 0.921. The lowest BCUT2D eigenvalue weighted by atomic mass is 9.62. The minimum atomic E-state index is -4.96. The summed E-state index contributed by atoms with van der Waals surface area (Å²) < 4.78 is 54.8. The van der Waals surface area contributed by atoms with Crippen molar-refractivity contribution in [2.75, 3.05) is 26.7 Å². The summed E-state index contributed by atoms with van der Waals surface area (Å²) in [6, 6.07) is 14.9. The molecule has 2 atom stereocenters. The molecule has 9 heteroatoms. The van der Waals surface area contributed by atoms with Crippen molar-refractivity contribution in [1.82, 2.24) is 10.2 Å². The molecule has 0 bridgehead atoms. The van der Waals surface area contributed by atoms with Gasteiger partial charge in [0.1, 0.15) is 5.75 Å².